The molecule has 3 nitrogen and oxygen atoms in total. The second kappa shape index (κ2) is 7.94. The lowest BCUT2D eigenvalue weighted by Crippen LogP contribution is -2.41. The molecule has 0 atom stereocenters. The third-order valence-electron chi connectivity index (χ3n) is 6.30. The van der Waals surface area contributed by atoms with Gasteiger partial charge in [0.05, 0.1) is 11.2 Å². The fraction of sp³-hybridized carbons (Fsp3) is 0.480. The number of halogens is 1. The molecule has 0 unspecified atom stereocenters. The molecule has 0 amide bonds. The maximum absolute atomic E-state index is 14.7. The standard InChI is InChI=1S/C25H32BFO3/c1-23(2,3)19-12-8-18(9-13-19)22(28)15-11-17-10-14-20(16-21(17)27)26-29-24(4,5)25(6,7)30-26/h8-10,12-14,16H,11,15H2,1-7H3. The van der Waals surface area contributed by atoms with Crippen LogP contribution in [0.4, 0.5) is 4.39 Å². The first-order valence-corrected chi connectivity index (χ1v) is 10.6. The molecule has 0 aromatic heterocycles. The smallest absolute Gasteiger partial charge is 0.399 e. The van der Waals surface area contributed by atoms with E-state index in [1.807, 2.05) is 58.0 Å². The second-order valence-electron chi connectivity index (χ2n) is 10.2. The Labute approximate surface area is 180 Å². The van der Waals surface area contributed by atoms with Gasteiger partial charge in [-0.2, -0.15) is 0 Å². The topological polar surface area (TPSA) is 35.5 Å². The molecule has 1 aliphatic rings. The summed E-state index contributed by atoms with van der Waals surface area (Å²) >= 11 is 0. The van der Waals surface area contributed by atoms with Crippen LogP contribution in [0.25, 0.3) is 0 Å². The van der Waals surface area contributed by atoms with Crippen molar-refractivity contribution in [3.8, 4) is 0 Å². The number of hydrogen-bond donors (Lipinski definition) is 0. The van der Waals surface area contributed by atoms with E-state index in [-0.39, 0.29) is 23.4 Å². The number of benzene rings is 2. The molecule has 3 rings (SSSR count). The van der Waals surface area contributed by atoms with E-state index in [0.717, 1.165) is 0 Å². The Balaban J connectivity index is 1.65. The lowest BCUT2D eigenvalue weighted by Gasteiger charge is -2.32. The van der Waals surface area contributed by atoms with Crippen molar-refractivity contribution < 1.29 is 18.5 Å². The number of rotatable bonds is 5. The fourth-order valence-electron chi connectivity index (χ4n) is 3.44. The maximum atomic E-state index is 14.7. The van der Waals surface area contributed by atoms with Crippen molar-refractivity contribution >= 4 is 18.4 Å². The number of aryl methyl sites for hydroxylation is 1. The van der Waals surface area contributed by atoms with Crippen molar-refractivity contribution in [2.24, 2.45) is 0 Å². The minimum atomic E-state index is -0.596. The summed E-state index contributed by atoms with van der Waals surface area (Å²) in [4.78, 5) is 12.5. The average molecular weight is 410 g/mol. The summed E-state index contributed by atoms with van der Waals surface area (Å²) in [6.45, 7) is 14.3. The van der Waals surface area contributed by atoms with Gasteiger partial charge in [-0.3, -0.25) is 4.79 Å². The molecule has 0 N–H and O–H groups in total. The number of carbonyl (C=O) groups excluding carboxylic acids is 1. The Bertz CT molecular complexity index is 910. The lowest BCUT2D eigenvalue weighted by molar-refractivity contribution is 0.00578. The molecular formula is C25H32BFO3. The van der Waals surface area contributed by atoms with Gasteiger partial charge < -0.3 is 9.31 Å². The Hall–Kier alpha value is -1.98. The van der Waals surface area contributed by atoms with E-state index < -0.39 is 18.3 Å². The molecule has 1 aliphatic heterocycles. The molecule has 2 aromatic rings. The van der Waals surface area contributed by atoms with E-state index >= 15 is 0 Å². The first-order valence-electron chi connectivity index (χ1n) is 10.6. The number of Topliss-reactive ketones (excluding diaryl/α,β-unsaturated/α-hetero) is 1. The third-order valence-corrected chi connectivity index (χ3v) is 6.30. The van der Waals surface area contributed by atoms with Crippen LogP contribution in [0.1, 0.15) is 76.4 Å². The van der Waals surface area contributed by atoms with E-state index in [0.29, 0.717) is 23.0 Å². The molecule has 160 valence electrons. The fourth-order valence-corrected chi connectivity index (χ4v) is 3.44. The van der Waals surface area contributed by atoms with Crippen LogP contribution in [0, 0.1) is 5.82 Å². The van der Waals surface area contributed by atoms with Crippen LogP contribution in [0.2, 0.25) is 0 Å². The first kappa shape index (κ1) is 22.7. The van der Waals surface area contributed by atoms with E-state index in [1.165, 1.54) is 11.6 Å². The molecular weight excluding hydrogens is 378 g/mol. The van der Waals surface area contributed by atoms with Crippen LogP contribution in [-0.2, 0) is 21.1 Å². The first-order chi connectivity index (χ1) is 13.8. The van der Waals surface area contributed by atoms with Crippen molar-refractivity contribution in [3.05, 3.63) is 65.0 Å². The largest absolute Gasteiger partial charge is 0.494 e. The van der Waals surface area contributed by atoms with Crippen LogP contribution in [0.3, 0.4) is 0 Å². The zero-order valence-corrected chi connectivity index (χ0v) is 19.1. The van der Waals surface area contributed by atoms with Gasteiger partial charge in [0.1, 0.15) is 5.82 Å². The number of ketones is 1. The van der Waals surface area contributed by atoms with Gasteiger partial charge in [-0.05, 0) is 62.2 Å². The molecule has 1 heterocycles. The minimum Gasteiger partial charge on any atom is -0.399 e. The highest BCUT2D eigenvalue weighted by Gasteiger charge is 2.51. The van der Waals surface area contributed by atoms with Gasteiger partial charge in [0.2, 0.25) is 0 Å². The average Bonchev–Trinajstić information content (AvgIpc) is 2.87. The van der Waals surface area contributed by atoms with Crippen molar-refractivity contribution in [1.29, 1.82) is 0 Å². The van der Waals surface area contributed by atoms with E-state index in [1.54, 1.807) is 6.07 Å². The van der Waals surface area contributed by atoms with Crippen molar-refractivity contribution in [2.45, 2.75) is 77.9 Å². The van der Waals surface area contributed by atoms with Gasteiger partial charge >= 0.3 is 7.12 Å². The molecule has 0 aliphatic carbocycles. The molecule has 1 fully saturated rings. The van der Waals surface area contributed by atoms with Crippen molar-refractivity contribution in [2.75, 3.05) is 0 Å². The normalized spacial score (nSPS) is 17.9. The Morgan fingerprint density at radius 3 is 2.03 bits per heavy atom. The summed E-state index contributed by atoms with van der Waals surface area (Å²) in [5, 5.41) is 0. The Kier molecular flexibility index (Phi) is 6.01. The van der Waals surface area contributed by atoms with Gasteiger partial charge in [-0.1, -0.05) is 57.2 Å². The summed E-state index contributed by atoms with van der Waals surface area (Å²) in [6, 6.07) is 12.7. The quantitative estimate of drug-likeness (QED) is 0.500. The second-order valence-corrected chi connectivity index (χ2v) is 10.2. The predicted octanol–water partition coefficient (Wildman–Crippen LogP) is 5.24. The predicted molar refractivity (Wildman–Crippen MR) is 120 cm³/mol. The summed E-state index contributed by atoms with van der Waals surface area (Å²) < 4.78 is 26.7. The van der Waals surface area contributed by atoms with Gasteiger partial charge in [-0.15, -0.1) is 0 Å². The van der Waals surface area contributed by atoms with Crippen LogP contribution >= 0.6 is 0 Å². The molecule has 30 heavy (non-hydrogen) atoms. The molecule has 0 radical (unpaired) electrons. The van der Waals surface area contributed by atoms with E-state index in [9.17, 15) is 9.18 Å². The molecule has 5 heteroatoms. The van der Waals surface area contributed by atoms with Crippen LogP contribution < -0.4 is 5.46 Å². The van der Waals surface area contributed by atoms with E-state index in [4.69, 9.17) is 9.31 Å². The van der Waals surface area contributed by atoms with Crippen molar-refractivity contribution in [3.63, 3.8) is 0 Å². The minimum absolute atomic E-state index is 0.0184. The Morgan fingerprint density at radius 2 is 1.53 bits per heavy atom. The lowest BCUT2D eigenvalue weighted by atomic mass is 9.78. The van der Waals surface area contributed by atoms with Gasteiger partial charge in [0.15, 0.2) is 5.78 Å². The Morgan fingerprint density at radius 1 is 0.967 bits per heavy atom. The highest BCUT2D eigenvalue weighted by molar-refractivity contribution is 6.62. The summed E-state index contributed by atoms with van der Waals surface area (Å²) in [5.74, 6) is -0.317. The number of carbonyl (C=O) groups is 1. The van der Waals surface area contributed by atoms with Crippen LogP contribution in [0.5, 0.6) is 0 Å². The third kappa shape index (κ3) is 4.68. The molecule has 1 saturated heterocycles. The summed E-state index contributed by atoms with van der Waals surface area (Å²) in [6.07, 6.45) is 0.622. The van der Waals surface area contributed by atoms with Crippen LogP contribution in [-0.4, -0.2) is 24.1 Å². The number of hydrogen-bond acceptors (Lipinski definition) is 3. The highest BCUT2D eigenvalue weighted by atomic mass is 19.1. The van der Waals surface area contributed by atoms with Gasteiger partial charge in [0.25, 0.3) is 0 Å². The molecule has 0 spiro atoms. The molecule has 0 saturated carbocycles. The SMILES string of the molecule is CC(C)(C)c1ccc(C(=O)CCc2ccc(B3OC(C)(C)C(C)(C)O3)cc2F)cc1. The molecule has 2 aromatic carbocycles. The van der Waals surface area contributed by atoms with E-state index in [2.05, 4.69) is 20.8 Å². The highest BCUT2D eigenvalue weighted by Crippen LogP contribution is 2.36. The van der Waals surface area contributed by atoms with Gasteiger partial charge in [0, 0.05) is 12.0 Å². The van der Waals surface area contributed by atoms with Crippen LogP contribution in [0.15, 0.2) is 42.5 Å². The maximum Gasteiger partial charge on any atom is 0.494 e. The zero-order valence-electron chi connectivity index (χ0n) is 19.1. The zero-order chi connectivity index (χ0) is 22.3. The summed E-state index contributed by atoms with van der Waals surface area (Å²) in [7, 11) is -0.596. The van der Waals surface area contributed by atoms with Gasteiger partial charge in [-0.25, -0.2) is 4.39 Å². The summed E-state index contributed by atoms with van der Waals surface area (Å²) in [5.41, 5.74) is 2.13. The monoisotopic (exact) mass is 410 g/mol. The van der Waals surface area contributed by atoms with Crippen molar-refractivity contribution in [1.82, 2.24) is 0 Å². The molecule has 0 bridgehead atoms.